The van der Waals surface area contributed by atoms with E-state index in [-0.39, 0.29) is 17.4 Å². The van der Waals surface area contributed by atoms with Crippen LogP contribution >= 0.6 is 11.8 Å². The summed E-state index contributed by atoms with van der Waals surface area (Å²) in [4.78, 5) is 37.3. The molecule has 1 unspecified atom stereocenters. The fraction of sp³-hybridized carbons (Fsp3) is 0.269. The van der Waals surface area contributed by atoms with Gasteiger partial charge in [0.15, 0.2) is 0 Å². The van der Waals surface area contributed by atoms with Gasteiger partial charge in [0, 0.05) is 24.4 Å². The Bertz CT molecular complexity index is 1140. The zero-order valence-electron chi connectivity index (χ0n) is 18.9. The zero-order chi connectivity index (χ0) is 23.6. The molecule has 172 valence electrons. The number of carbonyl (C=O) groups is 2. The Kier molecular flexibility index (Phi) is 8.89. The first kappa shape index (κ1) is 24.3. The van der Waals surface area contributed by atoms with Gasteiger partial charge in [-0.2, -0.15) is 11.8 Å². The van der Waals surface area contributed by atoms with Crippen LogP contribution in [0.5, 0.6) is 0 Å². The summed E-state index contributed by atoms with van der Waals surface area (Å²) >= 11 is 1.63. The van der Waals surface area contributed by atoms with Crippen molar-refractivity contribution in [2.24, 2.45) is 0 Å². The van der Waals surface area contributed by atoms with Crippen molar-refractivity contribution >= 4 is 23.6 Å². The van der Waals surface area contributed by atoms with Crippen LogP contribution in [-0.4, -0.2) is 34.4 Å². The fourth-order valence-electron chi connectivity index (χ4n) is 3.40. The van der Waals surface area contributed by atoms with E-state index >= 15 is 0 Å². The van der Waals surface area contributed by atoms with Gasteiger partial charge >= 0.3 is 0 Å². The van der Waals surface area contributed by atoms with Gasteiger partial charge in [-0.1, -0.05) is 48.0 Å². The number of hydrogen-bond acceptors (Lipinski definition) is 4. The summed E-state index contributed by atoms with van der Waals surface area (Å²) in [6, 6.07) is 19.6. The van der Waals surface area contributed by atoms with Crippen molar-refractivity contribution < 1.29 is 9.59 Å². The van der Waals surface area contributed by atoms with E-state index in [1.807, 2.05) is 61.7 Å². The van der Waals surface area contributed by atoms with E-state index < -0.39 is 6.04 Å². The van der Waals surface area contributed by atoms with Crippen molar-refractivity contribution in [1.82, 2.24) is 15.2 Å². The van der Waals surface area contributed by atoms with Crippen LogP contribution in [0.1, 0.15) is 33.5 Å². The van der Waals surface area contributed by atoms with Crippen molar-refractivity contribution in [1.29, 1.82) is 0 Å². The number of benzene rings is 2. The molecular weight excluding hydrogens is 434 g/mol. The van der Waals surface area contributed by atoms with Crippen LogP contribution < -0.4 is 16.2 Å². The van der Waals surface area contributed by atoms with Crippen LogP contribution in [0.3, 0.4) is 0 Å². The van der Waals surface area contributed by atoms with Gasteiger partial charge in [-0.15, -0.1) is 0 Å². The van der Waals surface area contributed by atoms with Crippen LogP contribution in [-0.2, 0) is 17.9 Å². The maximum absolute atomic E-state index is 12.8. The number of nitrogens with zero attached hydrogens (tertiary/aromatic N) is 1. The molecule has 1 aromatic heterocycles. The Hall–Kier alpha value is -3.32. The number of amides is 2. The molecule has 3 aromatic rings. The number of carbonyl (C=O) groups excluding carboxylic acids is 2. The molecule has 3 rings (SSSR count). The Morgan fingerprint density at radius 2 is 1.76 bits per heavy atom. The summed E-state index contributed by atoms with van der Waals surface area (Å²) in [6.45, 7) is 2.78. The number of aryl methyl sites for hydroxylation is 1. The van der Waals surface area contributed by atoms with Crippen LogP contribution in [0.2, 0.25) is 0 Å². The topological polar surface area (TPSA) is 80.2 Å². The predicted molar refractivity (Wildman–Crippen MR) is 134 cm³/mol. The smallest absolute Gasteiger partial charge is 0.251 e. The average Bonchev–Trinajstić information content (AvgIpc) is 2.82. The van der Waals surface area contributed by atoms with Gasteiger partial charge in [-0.05, 0) is 54.7 Å². The molecule has 33 heavy (non-hydrogen) atoms. The second-order valence-corrected chi connectivity index (χ2v) is 8.86. The zero-order valence-corrected chi connectivity index (χ0v) is 19.7. The van der Waals surface area contributed by atoms with Gasteiger partial charge < -0.3 is 15.2 Å². The van der Waals surface area contributed by atoms with E-state index in [1.165, 1.54) is 6.07 Å². The molecule has 0 spiro atoms. The lowest BCUT2D eigenvalue weighted by atomic mass is 10.1. The third kappa shape index (κ3) is 7.36. The maximum atomic E-state index is 12.8. The second kappa shape index (κ2) is 12.1. The first-order valence-electron chi connectivity index (χ1n) is 10.8. The number of pyridine rings is 1. The molecule has 0 saturated heterocycles. The molecule has 0 radical (unpaired) electrons. The number of aromatic nitrogens is 1. The maximum Gasteiger partial charge on any atom is 0.251 e. The Labute approximate surface area is 198 Å². The Balaban J connectivity index is 1.58. The molecule has 7 heteroatoms. The van der Waals surface area contributed by atoms with Gasteiger partial charge in [0.2, 0.25) is 5.91 Å². The molecule has 2 amide bonds. The standard InChI is InChI=1S/C26H29N3O3S/c1-19-6-5-7-22(16-19)25(31)28-23(13-15-33-2)26(32)27-17-20-9-11-21(12-10-20)18-29-14-4-3-8-24(29)30/h3-12,14,16,23H,13,15,17-18H2,1-2H3,(H,27,32)(H,28,31). The van der Waals surface area contributed by atoms with Gasteiger partial charge in [-0.25, -0.2) is 0 Å². The molecule has 0 fully saturated rings. The molecule has 1 atom stereocenters. The van der Waals surface area contributed by atoms with Crippen molar-refractivity contribution in [2.45, 2.75) is 32.5 Å². The summed E-state index contributed by atoms with van der Waals surface area (Å²) < 4.78 is 1.64. The first-order valence-corrected chi connectivity index (χ1v) is 12.2. The normalized spacial score (nSPS) is 11.6. The van der Waals surface area contributed by atoms with E-state index in [0.29, 0.717) is 25.1 Å². The molecule has 0 saturated carbocycles. The molecule has 0 aliphatic rings. The van der Waals surface area contributed by atoms with E-state index in [1.54, 1.807) is 34.7 Å². The van der Waals surface area contributed by atoms with Crippen LogP contribution in [0.25, 0.3) is 0 Å². The highest BCUT2D eigenvalue weighted by Crippen LogP contribution is 2.09. The summed E-state index contributed by atoms with van der Waals surface area (Å²) in [5.74, 6) is 0.310. The monoisotopic (exact) mass is 463 g/mol. The molecular formula is C26H29N3O3S. The third-order valence-corrected chi connectivity index (χ3v) is 5.90. The number of hydrogen-bond donors (Lipinski definition) is 2. The minimum Gasteiger partial charge on any atom is -0.350 e. The molecule has 0 aliphatic heterocycles. The van der Waals surface area contributed by atoms with E-state index in [2.05, 4.69) is 10.6 Å². The lowest BCUT2D eigenvalue weighted by molar-refractivity contribution is -0.123. The Morgan fingerprint density at radius 1 is 1.00 bits per heavy atom. The van der Waals surface area contributed by atoms with Gasteiger partial charge in [-0.3, -0.25) is 14.4 Å². The Morgan fingerprint density at radius 3 is 2.45 bits per heavy atom. The molecule has 2 N–H and O–H groups in total. The highest BCUT2D eigenvalue weighted by atomic mass is 32.2. The largest absolute Gasteiger partial charge is 0.350 e. The molecule has 2 aromatic carbocycles. The molecule has 0 bridgehead atoms. The van der Waals surface area contributed by atoms with E-state index in [4.69, 9.17) is 0 Å². The summed E-state index contributed by atoms with van der Waals surface area (Å²) in [5, 5.41) is 5.81. The number of thioether (sulfide) groups is 1. The highest BCUT2D eigenvalue weighted by molar-refractivity contribution is 7.98. The van der Waals surface area contributed by atoms with Gasteiger partial charge in [0.1, 0.15) is 6.04 Å². The van der Waals surface area contributed by atoms with Crippen LogP contribution in [0.15, 0.2) is 77.7 Å². The SMILES string of the molecule is CSCCC(NC(=O)c1cccc(C)c1)C(=O)NCc1ccc(Cn2ccccc2=O)cc1. The van der Waals surface area contributed by atoms with E-state index in [9.17, 15) is 14.4 Å². The van der Waals surface area contributed by atoms with E-state index in [0.717, 1.165) is 22.4 Å². The number of rotatable bonds is 10. The first-order chi connectivity index (χ1) is 16.0. The summed E-state index contributed by atoms with van der Waals surface area (Å²) in [7, 11) is 0. The molecule has 0 aliphatic carbocycles. The summed E-state index contributed by atoms with van der Waals surface area (Å²) in [6.07, 6.45) is 4.29. The highest BCUT2D eigenvalue weighted by Gasteiger charge is 2.21. The fourth-order valence-corrected chi connectivity index (χ4v) is 3.87. The second-order valence-electron chi connectivity index (χ2n) is 7.88. The quantitative estimate of drug-likeness (QED) is 0.483. The third-order valence-electron chi connectivity index (χ3n) is 5.25. The molecule has 1 heterocycles. The van der Waals surface area contributed by atoms with Crippen molar-refractivity contribution in [3.8, 4) is 0 Å². The molecule has 6 nitrogen and oxygen atoms in total. The van der Waals surface area contributed by atoms with Crippen LogP contribution in [0, 0.1) is 6.92 Å². The minimum absolute atomic E-state index is 0.0437. The minimum atomic E-state index is -0.602. The van der Waals surface area contributed by atoms with Gasteiger partial charge in [0.05, 0.1) is 6.54 Å². The predicted octanol–water partition coefficient (Wildman–Crippen LogP) is 3.37. The lowest BCUT2D eigenvalue weighted by Crippen LogP contribution is -2.46. The summed E-state index contributed by atoms with van der Waals surface area (Å²) in [5.41, 5.74) is 3.44. The van der Waals surface area contributed by atoms with Crippen molar-refractivity contribution in [3.63, 3.8) is 0 Å². The van der Waals surface area contributed by atoms with Crippen LogP contribution in [0.4, 0.5) is 0 Å². The average molecular weight is 464 g/mol. The van der Waals surface area contributed by atoms with Crippen molar-refractivity contribution in [3.05, 3.63) is 106 Å². The van der Waals surface area contributed by atoms with Crippen molar-refractivity contribution in [2.75, 3.05) is 12.0 Å². The van der Waals surface area contributed by atoms with Gasteiger partial charge in [0.25, 0.3) is 11.5 Å². The number of nitrogens with one attached hydrogen (secondary N) is 2. The lowest BCUT2D eigenvalue weighted by Gasteiger charge is -2.18.